The van der Waals surface area contributed by atoms with Crippen molar-refractivity contribution in [2.75, 3.05) is 26.2 Å². The van der Waals surface area contributed by atoms with Crippen molar-refractivity contribution in [2.45, 2.75) is 38.6 Å². The minimum atomic E-state index is 0.988. The Morgan fingerprint density at radius 2 is 1.77 bits per heavy atom. The standard InChI is InChI=1S/C11H22N2/c1-10-4-2-3-5-11(10)13-8-6-12-7-9-13/h10-12H,2-9H2,1H3/p+2/t10-,11-/m0/s1. The Kier molecular flexibility index (Phi) is 3.23. The van der Waals surface area contributed by atoms with Gasteiger partial charge in [0.1, 0.15) is 26.2 Å². The highest BCUT2D eigenvalue weighted by Gasteiger charge is 2.31. The highest BCUT2D eigenvalue weighted by atomic mass is 15.2. The second-order valence-electron chi connectivity index (χ2n) is 4.89. The third-order valence-electron chi connectivity index (χ3n) is 3.98. The van der Waals surface area contributed by atoms with E-state index >= 15 is 0 Å². The van der Waals surface area contributed by atoms with Crippen molar-refractivity contribution in [2.24, 2.45) is 5.92 Å². The molecule has 0 unspecified atom stereocenters. The zero-order valence-electron chi connectivity index (χ0n) is 8.89. The number of rotatable bonds is 1. The molecule has 1 aliphatic heterocycles. The summed E-state index contributed by atoms with van der Waals surface area (Å²) < 4.78 is 0. The largest absolute Gasteiger partial charge is 0.337 e. The van der Waals surface area contributed by atoms with Crippen LogP contribution in [-0.2, 0) is 0 Å². The van der Waals surface area contributed by atoms with Gasteiger partial charge >= 0.3 is 0 Å². The molecule has 76 valence electrons. The summed E-state index contributed by atoms with van der Waals surface area (Å²) in [5, 5.41) is 2.47. The molecule has 1 aliphatic carbocycles. The highest BCUT2D eigenvalue weighted by molar-refractivity contribution is 4.71. The Labute approximate surface area is 81.7 Å². The third-order valence-corrected chi connectivity index (χ3v) is 3.98. The number of hydrogen-bond donors (Lipinski definition) is 2. The van der Waals surface area contributed by atoms with Crippen LogP contribution in [0.3, 0.4) is 0 Å². The summed E-state index contributed by atoms with van der Waals surface area (Å²) in [5.41, 5.74) is 0. The van der Waals surface area contributed by atoms with E-state index in [2.05, 4.69) is 12.2 Å². The first kappa shape index (κ1) is 9.47. The number of piperazine rings is 1. The molecule has 0 radical (unpaired) electrons. The predicted molar refractivity (Wildman–Crippen MR) is 53.8 cm³/mol. The lowest BCUT2D eigenvalue weighted by atomic mass is 9.84. The van der Waals surface area contributed by atoms with Crippen molar-refractivity contribution < 1.29 is 10.2 Å². The quantitative estimate of drug-likeness (QED) is 0.523. The van der Waals surface area contributed by atoms with Crippen LogP contribution in [0, 0.1) is 5.92 Å². The van der Waals surface area contributed by atoms with Gasteiger partial charge in [-0.15, -0.1) is 0 Å². The SMILES string of the molecule is C[C@H]1CCCC[C@@H]1[NH+]1CC[NH2+]CC1. The fraction of sp³-hybridized carbons (Fsp3) is 1.00. The average molecular weight is 184 g/mol. The van der Waals surface area contributed by atoms with Crippen LogP contribution in [0.2, 0.25) is 0 Å². The highest BCUT2D eigenvalue weighted by Crippen LogP contribution is 2.21. The molecular formula is C11H24N2+2. The molecule has 2 nitrogen and oxygen atoms in total. The topological polar surface area (TPSA) is 21.1 Å². The summed E-state index contributed by atoms with van der Waals surface area (Å²) in [4.78, 5) is 1.91. The van der Waals surface area contributed by atoms with E-state index in [4.69, 9.17) is 0 Å². The molecule has 2 fully saturated rings. The van der Waals surface area contributed by atoms with E-state index in [1.165, 1.54) is 51.9 Å². The van der Waals surface area contributed by atoms with E-state index in [-0.39, 0.29) is 0 Å². The molecule has 2 atom stereocenters. The van der Waals surface area contributed by atoms with Gasteiger partial charge < -0.3 is 10.2 Å². The van der Waals surface area contributed by atoms with Crippen LogP contribution in [0.15, 0.2) is 0 Å². The van der Waals surface area contributed by atoms with E-state index < -0.39 is 0 Å². The fourth-order valence-corrected chi connectivity index (χ4v) is 3.14. The lowest BCUT2D eigenvalue weighted by molar-refractivity contribution is -0.971. The van der Waals surface area contributed by atoms with E-state index in [0.717, 1.165) is 12.0 Å². The van der Waals surface area contributed by atoms with Crippen molar-refractivity contribution in [3.05, 3.63) is 0 Å². The second kappa shape index (κ2) is 4.43. The Morgan fingerprint density at radius 3 is 2.46 bits per heavy atom. The molecule has 0 aromatic heterocycles. The van der Waals surface area contributed by atoms with Crippen LogP contribution >= 0.6 is 0 Å². The summed E-state index contributed by atoms with van der Waals surface area (Å²) in [6, 6.07) is 1.00. The van der Waals surface area contributed by atoms with Gasteiger partial charge in [-0.05, 0) is 19.3 Å². The molecule has 3 N–H and O–H groups in total. The molecule has 13 heavy (non-hydrogen) atoms. The summed E-state index contributed by atoms with van der Waals surface area (Å²) in [6.45, 7) is 8.01. The molecule has 2 aliphatic rings. The Morgan fingerprint density at radius 1 is 1.08 bits per heavy atom. The second-order valence-corrected chi connectivity index (χ2v) is 4.89. The molecule has 0 aromatic rings. The van der Waals surface area contributed by atoms with Crippen molar-refractivity contribution in [3.8, 4) is 0 Å². The first-order chi connectivity index (χ1) is 6.38. The van der Waals surface area contributed by atoms with Gasteiger partial charge in [0, 0.05) is 5.92 Å². The molecule has 2 heteroatoms. The van der Waals surface area contributed by atoms with Crippen LogP contribution in [0.25, 0.3) is 0 Å². The summed E-state index contributed by atoms with van der Waals surface area (Å²) in [7, 11) is 0. The van der Waals surface area contributed by atoms with Crippen LogP contribution in [0.4, 0.5) is 0 Å². The van der Waals surface area contributed by atoms with E-state index in [1.807, 2.05) is 4.90 Å². The molecule has 1 saturated carbocycles. The van der Waals surface area contributed by atoms with Gasteiger partial charge in [0.2, 0.25) is 0 Å². The smallest absolute Gasteiger partial charge is 0.127 e. The molecule has 0 spiro atoms. The maximum atomic E-state index is 2.47. The van der Waals surface area contributed by atoms with Crippen LogP contribution in [0.1, 0.15) is 32.6 Å². The predicted octanol–water partition coefficient (Wildman–Crippen LogP) is -0.973. The molecule has 0 amide bonds. The Bertz CT molecular complexity index is 152. The van der Waals surface area contributed by atoms with Crippen LogP contribution < -0.4 is 10.2 Å². The van der Waals surface area contributed by atoms with Crippen molar-refractivity contribution in [1.82, 2.24) is 0 Å². The number of nitrogens with one attached hydrogen (secondary N) is 1. The average Bonchev–Trinajstić information content (AvgIpc) is 2.20. The zero-order chi connectivity index (χ0) is 9.10. The molecular weight excluding hydrogens is 160 g/mol. The van der Waals surface area contributed by atoms with E-state index in [1.54, 1.807) is 0 Å². The van der Waals surface area contributed by atoms with Gasteiger partial charge in [-0.2, -0.15) is 0 Å². The third kappa shape index (κ3) is 2.23. The van der Waals surface area contributed by atoms with Crippen LogP contribution in [-0.4, -0.2) is 32.2 Å². The first-order valence-electron chi connectivity index (χ1n) is 6.04. The maximum absolute atomic E-state index is 2.47. The van der Waals surface area contributed by atoms with Gasteiger partial charge in [0.25, 0.3) is 0 Å². The molecule has 1 saturated heterocycles. The number of nitrogens with two attached hydrogens (primary N) is 1. The van der Waals surface area contributed by atoms with Gasteiger partial charge in [-0.3, -0.25) is 0 Å². The van der Waals surface area contributed by atoms with Gasteiger partial charge in [0.15, 0.2) is 0 Å². The van der Waals surface area contributed by atoms with Crippen molar-refractivity contribution >= 4 is 0 Å². The zero-order valence-corrected chi connectivity index (χ0v) is 8.89. The summed E-state index contributed by atoms with van der Waals surface area (Å²) in [6.07, 6.45) is 5.95. The van der Waals surface area contributed by atoms with Crippen molar-refractivity contribution in [1.29, 1.82) is 0 Å². The molecule has 1 heterocycles. The van der Waals surface area contributed by atoms with E-state index in [0.29, 0.717) is 0 Å². The maximum Gasteiger partial charge on any atom is 0.127 e. The van der Waals surface area contributed by atoms with Crippen LogP contribution in [0.5, 0.6) is 0 Å². The Hall–Kier alpha value is -0.0800. The number of quaternary nitrogens is 2. The summed E-state index contributed by atoms with van der Waals surface area (Å²) >= 11 is 0. The minimum Gasteiger partial charge on any atom is -0.337 e. The molecule has 0 aromatic carbocycles. The van der Waals surface area contributed by atoms with Gasteiger partial charge in [-0.25, -0.2) is 0 Å². The normalized spacial score (nSPS) is 37.6. The number of hydrogen-bond acceptors (Lipinski definition) is 0. The van der Waals surface area contributed by atoms with Gasteiger partial charge in [0.05, 0.1) is 6.04 Å². The van der Waals surface area contributed by atoms with Crippen molar-refractivity contribution in [3.63, 3.8) is 0 Å². The minimum absolute atomic E-state index is 0.988. The van der Waals surface area contributed by atoms with E-state index in [9.17, 15) is 0 Å². The monoisotopic (exact) mass is 184 g/mol. The molecule has 2 rings (SSSR count). The fourth-order valence-electron chi connectivity index (χ4n) is 3.14. The lowest BCUT2D eigenvalue weighted by Crippen LogP contribution is -3.23. The van der Waals surface area contributed by atoms with Gasteiger partial charge in [-0.1, -0.05) is 13.3 Å². The summed E-state index contributed by atoms with van der Waals surface area (Å²) in [5.74, 6) is 0.988. The lowest BCUT2D eigenvalue weighted by Gasteiger charge is -2.36. The first-order valence-corrected chi connectivity index (χ1v) is 6.04. The molecule has 0 bridgehead atoms. The Balaban J connectivity index is 1.88.